The van der Waals surface area contributed by atoms with Crippen molar-refractivity contribution in [2.75, 3.05) is 11.9 Å². The van der Waals surface area contributed by atoms with E-state index in [1.165, 1.54) is 17.8 Å². The first-order valence-electron chi connectivity index (χ1n) is 12.2. The van der Waals surface area contributed by atoms with E-state index in [2.05, 4.69) is 22.2 Å². The number of hydrogen-bond acceptors (Lipinski definition) is 6. The Kier molecular flexibility index (Phi) is 7.85. The molecular weight excluding hydrogens is 489 g/mol. The fourth-order valence-electron chi connectivity index (χ4n) is 3.75. The van der Waals surface area contributed by atoms with Crippen LogP contribution < -0.4 is 10.6 Å². The average molecular weight is 522 g/mol. The number of nitrogens with one attached hydrogen (secondary N) is 2. The molecule has 9 heteroatoms. The van der Waals surface area contributed by atoms with Crippen molar-refractivity contribution in [3.05, 3.63) is 77.1 Å². The molecule has 4 rings (SSSR count). The highest BCUT2D eigenvalue weighted by atomic mass is 32.2. The lowest BCUT2D eigenvalue weighted by molar-refractivity contribution is 0.0940. The summed E-state index contributed by atoms with van der Waals surface area (Å²) in [6.45, 7) is 10.8. The second-order valence-electron chi connectivity index (χ2n) is 9.81. The van der Waals surface area contributed by atoms with Crippen molar-refractivity contribution in [1.82, 2.24) is 19.9 Å². The summed E-state index contributed by atoms with van der Waals surface area (Å²) in [5, 5.41) is 22.0. The molecule has 1 fully saturated rings. The summed E-state index contributed by atoms with van der Waals surface area (Å²) in [7, 11) is 0. The smallest absolute Gasteiger partial charge is 0.251 e. The number of nitrogens with zero attached hydrogens (tertiary/aromatic N) is 3. The van der Waals surface area contributed by atoms with Crippen LogP contribution in [0.1, 0.15) is 49.5 Å². The van der Waals surface area contributed by atoms with Gasteiger partial charge in [0.1, 0.15) is 10.9 Å². The first-order chi connectivity index (χ1) is 17.5. The van der Waals surface area contributed by atoms with E-state index >= 15 is 0 Å². The van der Waals surface area contributed by atoms with Crippen LogP contribution in [0, 0.1) is 6.92 Å². The maximum atomic E-state index is 13.6. The van der Waals surface area contributed by atoms with Gasteiger partial charge in [-0.25, -0.2) is 13.9 Å². The number of aromatic nitrogens is 3. The van der Waals surface area contributed by atoms with Crippen LogP contribution in [-0.2, 0) is 0 Å². The second-order valence-corrected chi connectivity index (χ2v) is 10.9. The number of anilines is 1. The third-order valence-corrected chi connectivity index (χ3v) is 6.59. The molecule has 0 aliphatic heterocycles. The summed E-state index contributed by atoms with van der Waals surface area (Å²) in [6, 6.07) is 7.79. The number of imidazole rings is 1. The molecule has 2 heterocycles. The normalized spacial score (nSPS) is 14.4. The van der Waals surface area contributed by atoms with Gasteiger partial charge in [-0.15, -0.1) is 0 Å². The highest BCUT2D eigenvalue weighted by Crippen LogP contribution is 2.33. The van der Waals surface area contributed by atoms with Crippen molar-refractivity contribution in [3.63, 3.8) is 0 Å². The number of carbonyl (C=O) groups excluding carboxylic acids is 1. The van der Waals surface area contributed by atoms with Gasteiger partial charge in [0.25, 0.3) is 5.91 Å². The highest BCUT2D eigenvalue weighted by Gasteiger charge is 2.24. The maximum absolute atomic E-state index is 13.6. The molecule has 1 saturated carbocycles. The van der Waals surface area contributed by atoms with E-state index in [1.807, 2.05) is 44.2 Å². The molecule has 37 heavy (non-hydrogen) atoms. The Morgan fingerprint density at radius 2 is 2.11 bits per heavy atom. The van der Waals surface area contributed by atoms with Gasteiger partial charge in [0.05, 0.1) is 23.2 Å². The minimum atomic E-state index is -0.945. The molecular formula is C28H32FN5O2S. The zero-order valence-electron chi connectivity index (χ0n) is 21.5. The van der Waals surface area contributed by atoms with Crippen LogP contribution >= 0.6 is 11.8 Å². The van der Waals surface area contributed by atoms with Crippen LogP contribution in [0.25, 0.3) is 16.9 Å². The Labute approximate surface area is 220 Å². The minimum absolute atomic E-state index is 0.0580. The number of aryl methyl sites for hydroxylation is 1. The van der Waals surface area contributed by atoms with Crippen molar-refractivity contribution in [2.45, 2.75) is 57.2 Å². The molecule has 1 aromatic carbocycles. The molecule has 0 unspecified atom stereocenters. The zero-order valence-corrected chi connectivity index (χ0v) is 22.3. The van der Waals surface area contributed by atoms with Crippen LogP contribution in [-0.4, -0.2) is 43.8 Å². The van der Waals surface area contributed by atoms with Crippen LogP contribution in [0.4, 0.5) is 10.1 Å². The molecule has 194 valence electrons. The fourth-order valence-corrected chi connectivity index (χ4v) is 4.69. The number of rotatable bonds is 10. The molecule has 3 aromatic rings. The van der Waals surface area contributed by atoms with Crippen LogP contribution in [0.3, 0.4) is 0 Å². The van der Waals surface area contributed by atoms with Gasteiger partial charge in [-0.05, 0) is 70.4 Å². The molecule has 1 aliphatic carbocycles. The molecule has 0 saturated heterocycles. The SMILES string of the molecule is C=C(F)C=C(C=CC)Sc1cc(NCC(C)(C)O)c2ncc(-c3ccc(C(=O)NC4CC4)c(C)c3)n2n1. The van der Waals surface area contributed by atoms with Gasteiger partial charge < -0.3 is 15.7 Å². The first-order valence-corrected chi connectivity index (χ1v) is 13.0. The van der Waals surface area contributed by atoms with Gasteiger partial charge in [-0.1, -0.05) is 36.6 Å². The number of carbonyl (C=O) groups is 1. The highest BCUT2D eigenvalue weighted by molar-refractivity contribution is 8.03. The molecule has 0 bridgehead atoms. The van der Waals surface area contributed by atoms with E-state index in [4.69, 9.17) is 5.10 Å². The Hall–Kier alpha value is -3.43. The minimum Gasteiger partial charge on any atom is -0.389 e. The molecule has 3 N–H and O–H groups in total. The predicted octanol–water partition coefficient (Wildman–Crippen LogP) is 5.82. The lowest BCUT2D eigenvalue weighted by atomic mass is 10.0. The lowest BCUT2D eigenvalue weighted by Crippen LogP contribution is -2.29. The third kappa shape index (κ3) is 6.87. The summed E-state index contributed by atoms with van der Waals surface area (Å²) >= 11 is 1.29. The predicted molar refractivity (Wildman–Crippen MR) is 147 cm³/mol. The number of benzene rings is 1. The van der Waals surface area contributed by atoms with Gasteiger partial charge >= 0.3 is 0 Å². The van der Waals surface area contributed by atoms with E-state index in [9.17, 15) is 14.3 Å². The van der Waals surface area contributed by atoms with Crippen LogP contribution in [0.2, 0.25) is 0 Å². The second kappa shape index (κ2) is 10.9. The molecule has 0 spiro atoms. The molecule has 0 atom stereocenters. The Balaban J connectivity index is 1.76. The number of thioether (sulfide) groups is 1. The van der Waals surface area contributed by atoms with Crippen molar-refractivity contribution < 1.29 is 14.3 Å². The third-order valence-electron chi connectivity index (χ3n) is 5.69. The number of allylic oxidation sites excluding steroid dienone is 4. The van der Waals surface area contributed by atoms with Gasteiger partial charge in [0.2, 0.25) is 0 Å². The quantitative estimate of drug-likeness (QED) is 0.230. The Morgan fingerprint density at radius 3 is 2.73 bits per heavy atom. The van der Waals surface area contributed by atoms with Gasteiger partial charge in [-0.3, -0.25) is 4.79 Å². The Bertz CT molecular complexity index is 1400. The standard InChI is InChI=1S/C28H32FN5O2S/c1-6-7-21(13-18(3)29)37-25-14-23(31-16-28(4,5)36)26-30-15-24(34(26)33-25)19-8-11-22(17(2)12-19)27(35)32-20-9-10-20/h6-8,11-15,20,31,36H,3,9-10,16H2,1-2,4-5H3,(H,32,35). The number of aliphatic hydroxyl groups is 1. The van der Waals surface area contributed by atoms with E-state index in [0.717, 1.165) is 29.7 Å². The maximum Gasteiger partial charge on any atom is 0.251 e. The number of hydrogen-bond donors (Lipinski definition) is 3. The fraction of sp³-hybridized carbons (Fsp3) is 0.321. The molecule has 7 nitrogen and oxygen atoms in total. The summed E-state index contributed by atoms with van der Waals surface area (Å²) < 4.78 is 15.3. The Morgan fingerprint density at radius 1 is 1.35 bits per heavy atom. The van der Waals surface area contributed by atoms with Gasteiger partial charge in [0, 0.05) is 28.6 Å². The number of halogens is 1. The van der Waals surface area contributed by atoms with E-state index in [0.29, 0.717) is 33.4 Å². The van der Waals surface area contributed by atoms with Crippen molar-refractivity contribution in [1.29, 1.82) is 0 Å². The van der Waals surface area contributed by atoms with E-state index in [-0.39, 0.29) is 11.9 Å². The summed E-state index contributed by atoms with van der Waals surface area (Å²) in [5.41, 5.74) is 3.43. The van der Waals surface area contributed by atoms with E-state index in [1.54, 1.807) is 30.6 Å². The monoisotopic (exact) mass is 521 g/mol. The number of fused-ring (bicyclic) bond motifs is 1. The van der Waals surface area contributed by atoms with Gasteiger partial charge in [0.15, 0.2) is 5.65 Å². The topological polar surface area (TPSA) is 91.5 Å². The summed E-state index contributed by atoms with van der Waals surface area (Å²) in [6.07, 6.45) is 8.76. The van der Waals surface area contributed by atoms with Crippen molar-refractivity contribution in [2.24, 2.45) is 0 Å². The summed E-state index contributed by atoms with van der Waals surface area (Å²) in [4.78, 5) is 17.8. The molecule has 1 amide bonds. The van der Waals surface area contributed by atoms with Gasteiger partial charge in [-0.2, -0.15) is 5.10 Å². The molecule has 1 aliphatic rings. The van der Waals surface area contributed by atoms with Crippen molar-refractivity contribution >= 4 is 29.0 Å². The lowest BCUT2D eigenvalue weighted by Gasteiger charge is -2.19. The van der Waals surface area contributed by atoms with Crippen molar-refractivity contribution in [3.8, 4) is 11.3 Å². The molecule has 2 aromatic heterocycles. The van der Waals surface area contributed by atoms with Crippen LogP contribution in [0.5, 0.6) is 0 Å². The summed E-state index contributed by atoms with van der Waals surface area (Å²) in [5.74, 6) is -0.607. The first kappa shape index (κ1) is 26.6. The average Bonchev–Trinajstić information content (AvgIpc) is 3.52. The largest absolute Gasteiger partial charge is 0.389 e. The molecule has 0 radical (unpaired) electrons. The number of amides is 1. The van der Waals surface area contributed by atoms with Crippen LogP contribution in [0.15, 0.2) is 71.0 Å². The zero-order chi connectivity index (χ0) is 26.7. The van der Waals surface area contributed by atoms with E-state index < -0.39 is 11.4 Å².